The van der Waals surface area contributed by atoms with Gasteiger partial charge in [-0.25, -0.2) is 14.8 Å². The van der Waals surface area contributed by atoms with Crippen molar-refractivity contribution in [3.05, 3.63) is 36.7 Å². The van der Waals surface area contributed by atoms with Crippen molar-refractivity contribution in [2.24, 2.45) is 0 Å². The summed E-state index contributed by atoms with van der Waals surface area (Å²) in [6, 6.07) is -0.157. The predicted octanol–water partition coefficient (Wildman–Crippen LogP) is 2.25. The van der Waals surface area contributed by atoms with Crippen LogP contribution in [0.1, 0.15) is 38.1 Å². The minimum Gasteiger partial charge on any atom is -0.451 e. The Morgan fingerprint density at radius 1 is 1.16 bits per heavy atom. The van der Waals surface area contributed by atoms with Gasteiger partial charge in [0.1, 0.15) is 12.5 Å². The quantitative estimate of drug-likeness (QED) is 0.826. The first-order chi connectivity index (χ1) is 12.0. The van der Waals surface area contributed by atoms with Gasteiger partial charge in [0.2, 0.25) is 0 Å². The van der Waals surface area contributed by atoms with Crippen molar-refractivity contribution in [2.75, 3.05) is 19.6 Å². The summed E-state index contributed by atoms with van der Waals surface area (Å²) in [6.07, 6.45) is 8.26. The van der Waals surface area contributed by atoms with Crippen molar-refractivity contribution in [3.63, 3.8) is 0 Å². The van der Waals surface area contributed by atoms with Crippen molar-refractivity contribution >= 4 is 6.03 Å². The summed E-state index contributed by atoms with van der Waals surface area (Å²) in [5.74, 6) is 0. The molecule has 1 N–H and O–H groups in total. The Bertz CT molecular complexity index is 612. The molecule has 0 saturated carbocycles. The average Bonchev–Trinajstić information content (AvgIpc) is 3.28. The highest BCUT2D eigenvalue weighted by Crippen LogP contribution is 2.15. The topological polar surface area (TPSA) is 87.6 Å². The Hall–Kier alpha value is -2.35. The molecule has 1 aliphatic heterocycles. The van der Waals surface area contributed by atoms with E-state index in [9.17, 15) is 4.79 Å². The number of hydrogen-bond donors (Lipinski definition) is 1. The zero-order chi connectivity index (χ0) is 17.7. The molecule has 2 amide bonds. The standard InChI is InChI=1S/C17H25N5O3/c1-17(2,11-21-5-3-4-6-21)20-16(23)22(7-14-9-24-12-18-14)8-15-10-25-13-19-15/h9-10,12-13H,3-8,11H2,1-2H3,(H,20,23). The molecule has 0 atom stereocenters. The van der Waals surface area contributed by atoms with Gasteiger partial charge in [-0.3, -0.25) is 0 Å². The predicted molar refractivity (Wildman–Crippen MR) is 90.5 cm³/mol. The molecule has 0 radical (unpaired) electrons. The summed E-state index contributed by atoms with van der Waals surface area (Å²) >= 11 is 0. The fourth-order valence-electron chi connectivity index (χ4n) is 3.13. The summed E-state index contributed by atoms with van der Waals surface area (Å²) in [5.41, 5.74) is 1.06. The van der Waals surface area contributed by atoms with Crippen LogP contribution in [0.25, 0.3) is 0 Å². The van der Waals surface area contributed by atoms with Crippen LogP contribution in [-0.4, -0.2) is 51.0 Å². The van der Waals surface area contributed by atoms with Crippen LogP contribution in [0.3, 0.4) is 0 Å². The third-order valence-electron chi connectivity index (χ3n) is 4.22. The molecular weight excluding hydrogens is 322 g/mol. The molecule has 8 heteroatoms. The number of urea groups is 1. The lowest BCUT2D eigenvalue weighted by atomic mass is 10.1. The summed E-state index contributed by atoms with van der Waals surface area (Å²) in [4.78, 5) is 25.1. The number of likely N-dealkylation sites (tertiary alicyclic amines) is 1. The van der Waals surface area contributed by atoms with Gasteiger partial charge in [-0.1, -0.05) is 0 Å². The van der Waals surface area contributed by atoms with E-state index in [0.29, 0.717) is 24.5 Å². The van der Waals surface area contributed by atoms with Crippen molar-refractivity contribution in [1.29, 1.82) is 0 Å². The third-order valence-corrected chi connectivity index (χ3v) is 4.22. The van der Waals surface area contributed by atoms with E-state index in [1.807, 2.05) is 13.8 Å². The molecular formula is C17H25N5O3. The summed E-state index contributed by atoms with van der Waals surface area (Å²) < 4.78 is 10.0. The first-order valence-corrected chi connectivity index (χ1v) is 8.55. The lowest BCUT2D eigenvalue weighted by Gasteiger charge is -2.33. The number of oxazole rings is 2. The molecule has 3 rings (SSSR count). The van der Waals surface area contributed by atoms with Crippen LogP contribution in [-0.2, 0) is 13.1 Å². The number of amides is 2. The highest BCUT2D eigenvalue weighted by atomic mass is 16.3. The van der Waals surface area contributed by atoms with E-state index in [4.69, 9.17) is 8.83 Å². The second kappa shape index (κ2) is 7.69. The molecule has 3 heterocycles. The number of carbonyl (C=O) groups excluding carboxylic acids is 1. The number of nitrogens with zero attached hydrogens (tertiary/aromatic N) is 4. The number of aromatic nitrogens is 2. The molecule has 8 nitrogen and oxygen atoms in total. The fourth-order valence-corrected chi connectivity index (χ4v) is 3.13. The van der Waals surface area contributed by atoms with Crippen LogP contribution in [0, 0.1) is 0 Å². The maximum absolute atomic E-state index is 12.9. The smallest absolute Gasteiger partial charge is 0.318 e. The average molecular weight is 347 g/mol. The molecule has 1 saturated heterocycles. The minimum atomic E-state index is -0.326. The largest absolute Gasteiger partial charge is 0.451 e. The van der Waals surface area contributed by atoms with Gasteiger partial charge in [-0.15, -0.1) is 0 Å². The maximum atomic E-state index is 12.9. The molecule has 1 fully saturated rings. The highest BCUT2D eigenvalue weighted by Gasteiger charge is 2.28. The second-order valence-electron chi connectivity index (χ2n) is 7.11. The number of nitrogens with one attached hydrogen (secondary N) is 1. The Labute approximate surface area is 147 Å². The molecule has 136 valence electrons. The first-order valence-electron chi connectivity index (χ1n) is 8.55. The monoisotopic (exact) mass is 347 g/mol. The van der Waals surface area contributed by atoms with Gasteiger partial charge in [-0.05, 0) is 39.8 Å². The Morgan fingerprint density at radius 3 is 2.20 bits per heavy atom. The van der Waals surface area contributed by atoms with E-state index in [1.165, 1.54) is 25.6 Å². The van der Waals surface area contributed by atoms with Gasteiger partial charge < -0.3 is 24.0 Å². The minimum absolute atomic E-state index is 0.157. The van der Waals surface area contributed by atoms with Crippen molar-refractivity contribution in [1.82, 2.24) is 25.1 Å². The lowest BCUT2D eigenvalue weighted by molar-refractivity contribution is 0.168. The first kappa shape index (κ1) is 17.5. The van der Waals surface area contributed by atoms with Crippen LogP contribution in [0.5, 0.6) is 0 Å². The summed E-state index contributed by atoms with van der Waals surface area (Å²) in [6.45, 7) is 7.81. The molecule has 1 aliphatic rings. The zero-order valence-electron chi connectivity index (χ0n) is 14.8. The van der Waals surface area contributed by atoms with Gasteiger partial charge in [0.05, 0.1) is 24.5 Å². The van der Waals surface area contributed by atoms with Gasteiger partial charge in [0.15, 0.2) is 12.8 Å². The lowest BCUT2D eigenvalue weighted by Crippen LogP contribution is -2.54. The second-order valence-corrected chi connectivity index (χ2v) is 7.11. The molecule has 0 spiro atoms. The summed E-state index contributed by atoms with van der Waals surface area (Å²) in [7, 11) is 0. The van der Waals surface area contributed by atoms with E-state index in [0.717, 1.165) is 19.6 Å². The zero-order valence-corrected chi connectivity index (χ0v) is 14.8. The van der Waals surface area contributed by atoms with Crippen molar-refractivity contribution in [3.8, 4) is 0 Å². The van der Waals surface area contributed by atoms with E-state index in [-0.39, 0.29) is 11.6 Å². The van der Waals surface area contributed by atoms with Gasteiger partial charge in [0, 0.05) is 12.1 Å². The fraction of sp³-hybridized carbons (Fsp3) is 0.588. The van der Waals surface area contributed by atoms with Crippen LogP contribution < -0.4 is 5.32 Å². The Morgan fingerprint density at radius 2 is 1.72 bits per heavy atom. The number of rotatable bonds is 7. The normalized spacial score (nSPS) is 15.4. The van der Waals surface area contributed by atoms with Crippen molar-refractivity contribution in [2.45, 2.75) is 45.3 Å². The molecule has 2 aromatic heterocycles. The third kappa shape index (κ3) is 5.06. The van der Waals surface area contributed by atoms with Crippen LogP contribution in [0.4, 0.5) is 4.79 Å². The molecule has 0 bridgehead atoms. The van der Waals surface area contributed by atoms with Crippen LogP contribution in [0.15, 0.2) is 34.1 Å². The molecule has 25 heavy (non-hydrogen) atoms. The molecule has 2 aromatic rings. The molecule has 0 unspecified atom stereocenters. The Balaban J connectivity index is 1.64. The Kier molecular flexibility index (Phi) is 5.37. The molecule has 0 aliphatic carbocycles. The number of carbonyl (C=O) groups is 1. The molecule has 0 aromatic carbocycles. The van der Waals surface area contributed by atoms with E-state index in [1.54, 1.807) is 17.4 Å². The van der Waals surface area contributed by atoms with E-state index in [2.05, 4.69) is 20.2 Å². The van der Waals surface area contributed by atoms with Gasteiger partial charge in [0.25, 0.3) is 0 Å². The van der Waals surface area contributed by atoms with Crippen LogP contribution >= 0.6 is 0 Å². The SMILES string of the molecule is CC(C)(CN1CCCC1)NC(=O)N(Cc1cocn1)Cc1cocn1. The maximum Gasteiger partial charge on any atom is 0.318 e. The van der Waals surface area contributed by atoms with Gasteiger partial charge >= 0.3 is 6.03 Å². The number of hydrogen-bond acceptors (Lipinski definition) is 6. The van der Waals surface area contributed by atoms with Crippen LogP contribution in [0.2, 0.25) is 0 Å². The van der Waals surface area contributed by atoms with Crippen molar-refractivity contribution < 1.29 is 13.6 Å². The van der Waals surface area contributed by atoms with E-state index >= 15 is 0 Å². The highest BCUT2D eigenvalue weighted by molar-refractivity contribution is 5.75. The summed E-state index contributed by atoms with van der Waals surface area (Å²) in [5, 5.41) is 3.14. The van der Waals surface area contributed by atoms with E-state index < -0.39 is 0 Å². The van der Waals surface area contributed by atoms with Gasteiger partial charge in [-0.2, -0.15) is 0 Å².